The number of anilines is 1. The molecule has 2 aromatic rings. The van der Waals surface area contributed by atoms with Gasteiger partial charge in [0.05, 0.1) is 12.3 Å². The van der Waals surface area contributed by atoms with E-state index in [0.29, 0.717) is 36.1 Å². The molecule has 7 nitrogen and oxygen atoms in total. The molecule has 6 rings (SSSR count). The molecule has 0 bridgehead atoms. The number of aryl methyl sites for hydroxylation is 1. The van der Waals surface area contributed by atoms with Crippen LogP contribution in [-0.4, -0.2) is 83.1 Å². The molecule has 0 aromatic heterocycles. The first-order valence-corrected chi connectivity index (χ1v) is 19.8. The Balaban J connectivity index is 1.31. The molecule has 1 amide bonds. The predicted octanol–water partition coefficient (Wildman–Crippen LogP) is 7.00. The van der Waals surface area contributed by atoms with Crippen LogP contribution in [0.15, 0.2) is 48.6 Å². The third-order valence-corrected chi connectivity index (χ3v) is 12.8. The van der Waals surface area contributed by atoms with E-state index in [-0.39, 0.29) is 16.6 Å². The Bertz CT molecular complexity index is 1510. The van der Waals surface area contributed by atoms with E-state index >= 15 is 0 Å². The van der Waals surface area contributed by atoms with Crippen LogP contribution < -0.4 is 14.4 Å². The maximum Gasteiger partial charge on any atom is 0.263 e. The number of carbonyl (C=O) groups is 1. The summed E-state index contributed by atoms with van der Waals surface area (Å²) in [6.45, 7) is 17.3. The number of piperazine rings is 1. The summed E-state index contributed by atoms with van der Waals surface area (Å²) in [5.74, 6) is 1.62. The number of fused-ring (bicyclic) bond motifs is 3. The molecular weight excluding hydrogens is 640 g/mol. The minimum absolute atomic E-state index is 0.159. The summed E-state index contributed by atoms with van der Waals surface area (Å²) in [5, 5.41) is 0.626. The molecule has 4 aliphatic rings. The first kappa shape index (κ1) is 35.4. The molecule has 2 heterocycles. The van der Waals surface area contributed by atoms with E-state index in [1.54, 1.807) is 0 Å². The number of allylic oxidation sites excluding steroid dienone is 1. The SMILES string of the molecule is CC/C=C/C(C1CCC1CN1C[C@@]2(CCCc3cc(Cl)ccc32)COc2ccc(C(=O)NS(=O)C(C)C)cc21)N1CCN(C(C)C)CC1. The molecule has 9 heteroatoms. The average molecular weight is 695 g/mol. The van der Waals surface area contributed by atoms with Gasteiger partial charge in [-0.05, 0) is 120 Å². The van der Waals surface area contributed by atoms with Gasteiger partial charge in [-0.1, -0.05) is 36.7 Å². The number of amides is 1. The monoisotopic (exact) mass is 694 g/mol. The van der Waals surface area contributed by atoms with Gasteiger partial charge in [0.2, 0.25) is 0 Å². The maximum absolute atomic E-state index is 13.3. The van der Waals surface area contributed by atoms with Crippen molar-refractivity contribution in [3.8, 4) is 5.75 Å². The van der Waals surface area contributed by atoms with Crippen LogP contribution in [0.3, 0.4) is 0 Å². The standard InChI is InChI=1S/C39H55ClN4O3S/c1-6-7-10-35(43-20-18-42(19-21-43)27(2)3)33-14-11-31(33)24-44-25-39(17-8-9-29-22-32(40)13-15-34(29)39)26-47-37-16-12-30(23-36(37)44)38(45)41-48(46)28(4)5/h7,10,12-13,15-16,22-23,27-28,31,33,35H,6,8-9,11,14,17-21,24-26H2,1-5H3,(H,41,45)/b10-7+/t31?,33?,35?,39-,48?/m0/s1. The highest BCUT2D eigenvalue weighted by molar-refractivity contribution is 7.84. The fourth-order valence-corrected chi connectivity index (χ4v) is 9.17. The number of nitrogens with zero attached hydrogens (tertiary/aromatic N) is 3. The van der Waals surface area contributed by atoms with Crippen molar-refractivity contribution in [2.24, 2.45) is 11.8 Å². The van der Waals surface area contributed by atoms with Crippen molar-refractivity contribution < 1.29 is 13.7 Å². The molecule has 2 aliphatic heterocycles. The Morgan fingerprint density at radius 1 is 1.08 bits per heavy atom. The van der Waals surface area contributed by atoms with Crippen LogP contribution in [0.1, 0.15) is 88.2 Å². The Hall–Kier alpha value is -2.39. The largest absolute Gasteiger partial charge is 0.490 e. The minimum Gasteiger partial charge on any atom is -0.490 e. The molecule has 1 spiro atoms. The second kappa shape index (κ2) is 15.2. The fraction of sp³-hybridized carbons (Fsp3) is 0.615. The second-order valence-corrected chi connectivity index (χ2v) is 17.2. The Labute approximate surface area is 296 Å². The zero-order valence-corrected chi connectivity index (χ0v) is 31.1. The van der Waals surface area contributed by atoms with Crippen molar-refractivity contribution in [1.29, 1.82) is 0 Å². The number of carbonyl (C=O) groups excluding carboxylic acids is 1. The van der Waals surface area contributed by atoms with Crippen molar-refractivity contribution in [2.75, 3.05) is 50.8 Å². The quantitative estimate of drug-likeness (QED) is 0.270. The number of rotatable bonds is 10. The Morgan fingerprint density at radius 3 is 2.54 bits per heavy atom. The van der Waals surface area contributed by atoms with Crippen molar-refractivity contribution in [3.63, 3.8) is 0 Å². The summed E-state index contributed by atoms with van der Waals surface area (Å²) >= 11 is 6.49. The second-order valence-electron chi connectivity index (χ2n) is 15.1. The van der Waals surface area contributed by atoms with Crippen LogP contribution in [-0.2, 0) is 22.8 Å². The van der Waals surface area contributed by atoms with Gasteiger partial charge < -0.3 is 9.64 Å². The van der Waals surface area contributed by atoms with Crippen molar-refractivity contribution >= 4 is 34.2 Å². The van der Waals surface area contributed by atoms with Gasteiger partial charge in [0.25, 0.3) is 5.91 Å². The van der Waals surface area contributed by atoms with E-state index in [4.69, 9.17) is 16.3 Å². The highest BCUT2D eigenvalue weighted by atomic mass is 35.5. The average Bonchev–Trinajstić information content (AvgIpc) is 3.21. The van der Waals surface area contributed by atoms with E-state index in [9.17, 15) is 9.00 Å². The van der Waals surface area contributed by atoms with Crippen LogP contribution in [0.5, 0.6) is 5.75 Å². The van der Waals surface area contributed by atoms with Crippen LogP contribution in [0.2, 0.25) is 5.02 Å². The lowest BCUT2D eigenvalue weighted by Gasteiger charge is -2.50. The van der Waals surface area contributed by atoms with Gasteiger partial charge >= 0.3 is 0 Å². The summed E-state index contributed by atoms with van der Waals surface area (Å²) in [6, 6.07) is 13.1. The zero-order chi connectivity index (χ0) is 34.0. The highest BCUT2D eigenvalue weighted by Gasteiger charge is 2.45. The topological polar surface area (TPSA) is 65.1 Å². The zero-order valence-electron chi connectivity index (χ0n) is 29.6. The van der Waals surface area contributed by atoms with Crippen molar-refractivity contribution in [1.82, 2.24) is 14.5 Å². The van der Waals surface area contributed by atoms with Crippen LogP contribution in [0.4, 0.5) is 5.69 Å². The Kier molecular flexibility index (Phi) is 11.3. The molecule has 2 fully saturated rings. The van der Waals surface area contributed by atoms with Gasteiger partial charge in [-0.25, -0.2) is 4.21 Å². The van der Waals surface area contributed by atoms with E-state index in [1.807, 2.05) is 38.1 Å². The van der Waals surface area contributed by atoms with Gasteiger partial charge in [-0.2, -0.15) is 0 Å². The molecular formula is C39H55ClN4O3S. The third-order valence-electron chi connectivity index (χ3n) is 11.4. The number of benzene rings is 2. The molecule has 2 aliphatic carbocycles. The van der Waals surface area contributed by atoms with Gasteiger partial charge in [-0.3, -0.25) is 19.3 Å². The highest BCUT2D eigenvalue weighted by Crippen LogP contribution is 2.47. The van der Waals surface area contributed by atoms with Crippen molar-refractivity contribution in [2.45, 2.75) is 95.9 Å². The summed E-state index contributed by atoms with van der Waals surface area (Å²) < 4.78 is 22.0. The molecule has 0 radical (unpaired) electrons. The molecule has 262 valence electrons. The maximum atomic E-state index is 13.3. The summed E-state index contributed by atoms with van der Waals surface area (Å²) in [6.07, 6.45) is 11.5. The summed E-state index contributed by atoms with van der Waals surface area (Å²) in [4.78, 5) is 21.2. The van der Waals surface area contributed by atoms with Crippen LogP contribution in [0.25, 0.3) is 0 Å². The number of halogens is 1. The van der Waals surface area contributed by atoms with Crippen LogP contribution in [0, 0.1) is 11.8 Å². The van der Waals surface area contributed by atoms with Gasteiger partial charge in [0.1, 0.15) is 16.7 Å². The van der Waals surface area contributed by atoms with Crippen molar-refractivity contribution in [3.05, 3.63) is 70.3 Å². The number of nitrogens with one attached hydrogen (secondary N) is 1. The van der Waals surface area contributed by atoms with E-state index < -0.39 is 11.0 Å². The van der Waals surface area contributed by atoms with Crippen LogP contribution >= 0.6 is 11.6 Å². The van der Waals surface area contributed by atoms with Gasteiger partial charge in [0.15, 0.2) is 0 Å². The smallest absolute Gasteiger partial charge is 0.263 e. The molecule has 1 saturated heterocycles. The van der Waals surface area contributed by atoms with Gasteiger partial charge in [0, 0.05) is 72.6 Å². The lowest BCUT2D eigenvalue weighted by atomic mass is 9.67. The number of ether oxygens (including phenoxy) is 1. The number of hydrogen-bond donors (Lipinski definition) is 1. The summed E-state index contributed by atoms with van der Waals surface area (Å²) in [7, 11) is -1.44. The predicted molar refractivity (Wildman–Crippen MR) is 199 cm³/mol. The lowest BCUT2D eigenvalue weighted by Crippen LogP contribution is -2.56. The minimum atomic E-state index is -1.44. The fourth-order valence-electron chi connectivity index (χ4n) is 8.44. The molecule has 48 heavy (non-hydrogen) atoms. The lowest BCUT2D eigenvalue weighted by molar-refractivity contribution is 0.0294. The first-order valence-electron chi connectivity index (χ1n) is 18.3. The van der Waals surface area contributed by atoms with E-state index in [2.05, 4.69) is 64.5 Å². The van der Waals surface area contributed by atoms with Gasteiger partial charge in [-0.15, -0.1) is 0 Å². The molecule has 1 N–H and O–H groups in total. The first-order chi connectivity index (χ1) is 23.1. The molecule has 1 saturated carbocycles. The third kappa shape index (κ3) is 7.52. The molecule has 5 atom stereocenters. The molecule has 4 unspecified atom stereocenters. The molecule has 2 aromatic carbocycles. The van der Waals surface area contributed by atoms with E-state index in [0.717, 1.165) is 81.4 Å². The summed E-state index contributed by atoms with van der Waals surface area (Å²) in [5.41, 5.74) is 3.98. The number of hydrogen-bond acceptors (Lipinski definition) is 6. The normalized spacial score (nSPS) is 26.1. The Morgan fingerprint density at radius 2 is 1.85 bits per heavy atom. The van der Waals surface area contributed by atoms with E-state index in [1.165, 1.54) is 24.0 Å².